The average Bonchev–Trinajstić information content (AvgIpc) is 2.75. The smallest absolute Gasteiger partial charge is 0.338 e. The Morgan fingerprint density at radius 2 is 1.77 bits per heavy atom. The molecule has 0 saturated carbocycles. The molecule has 2 aromatic carbocycles. The number of fused-ring (bicyclic) bond motifs is 1. The van der Waals surface area contributed by atoms with Gasteiger partial charge in [-0.25, -0.2) is 4.79 Å². The SMILES string of the molecule is CC(NC(=O)C(OC(=O)c1ccc2c(c1)NC(=O)C(C)N2C)C(C)C)c1ccccc1. The van der Waals surface area contributed by atoms with Crippen molar-refractivity contribution in [2.75, 3.05) is 17.3 Å². The van der Waals surface area contributed by atoms with Crippen LogP contribution in [0.1, 0.15) is 49.7 Å². The molecular formula is C24H29N3O4. The molecule has 1 aliphatic rings. The van der Waals surface area contributed by atoms with Crippen LogP contribution in [0.25, 0.3) is 0 Å². The first kappa shape index (κ1) is 22.3. The van der Waals surface area contributed by atoms with Gasteiger partial charge in [0, 0.05) is 7.05 Å². The summed E-state index contributed by atoms with van der Waals surface area (Å²) in [4.78, 5) is 39.6. The Bertz CT molecular complexity index is 974. The zero-order valence-electron chi connectivity index (χ0n) is 18.5. The third-order valence-corrected chi connectivity index (χ3v) is 5.59. The Kier molecular flexibility index (Phi) is 6.63. The van der Waals surface area contributed by atoms with Gasteiger partial charge in [0.25, 0.3) is 5.91 Å². The fourth-order valence-electron chi connectivity index (χ4n) is 3.49. The Morgan fingerprint density at radius 3 is 2.42 bits per heavy atom. The van der Waals surface area contributed by atoms with Crippen LogP contribution in [-0.4, -0.2) is 37.0 Å². The van der Waals surface area contributed by atoms with Gasteiger partial charge in [-0.3, -0.25) is 9.59 Å². The van der Waals surface area contributed by atoms with Gasteiger partial charge in [0.15, 0.2) is 6.10 Å². The number of hydrogen-bond donors (Lipinski definition) is 2. The summed E-state index contributed by atoms with van der Waals surface area (Å²) in [5, 5.41) is 5.73. The molecule has 2 amide bonds. The molecule has 7 heteroatoms. The van der Waals surface area contributed by atoms with Crippen molar-refractivity contribution < 1.29 is 19.1 Å². The van der Waals surface area contributed by atoms with Gasteiger partial charge in [0.1, 0.15) is 6.04 Å². The molecule has 31 heavy (non-hydrogen) atoms. The van der Waals surface area contributed by atoms with Crippen molar-refractivity contribution in [3.8, 4) is 0 Å². The van der Waals surface area contributed by atoms with Crippen LogP contribution in [0.5, 0.6) is 0 Å². The summed E-state index contributed by atoms with van der Waals surface area (Å²) in [6, 6.07) is 14.1. The molecular weight excluding hydrogens is 394 g/mol. The normalized spacial score (nSPS) is 17.4. The summed E-state index contributed by atoms with van der Waals surface area (Å²) in [5.74, 6) is -1.31. The van der Waals surface area contributed by atoms with Crippen LogP contribution in [0, 0.1) is 5.92 Å². The summed E-state index contributed by atoms with van der Waals surface area (Å²) in [5.41, 5.74) is 2.60. The summed E-state index contributed by atoms with van der Waals surface area (Å²) in [6.45, 7) is 7.35. The average molecular weight is 424 g/mol. The quantitative estimate of drug-likeness (QED) is 0.694. The number of anilines is 2. The molecule has 2 N–H and O–H groups in total. The first-order valence-electron chi connectivity index (χ1n) is 10.4. The molecule has 0 bridgehead atoms. The van der Waals surface area contributed by atoms with Crippen LogP contribution < -0.4 is 15.5 Å². The number of hydrogen-bond acceptors (Lipinski definition) is 5. The zero-order chi connectivity index (χ0) is 22.7. The Labute approximate surface area is 182 Å². The molecule has 2 aromatic rings. The van der Waals surface area contributed by atoms with E-state index in [0.29, 0.717) is 5.69 Å². The first-order chi connectivity index (χ1) is 14.7. The molecule has 164 valence electrons. The van der Waals surface area contributed by atoms with Gasteiger partial charge in [0.2, 0.25) is 5.91 Å². The van der Waals surface area contributed by atoms with Crippen molar-refractivity contribution in [1.29, 1.82) is 0 Å². The number of amides is 2. The standard InChI is InChI=1S/C24H29N3O4/c1-14(2)21(23(29)25-15(3)17-9-7-6-8-10-17)31-24(30)18-11-12-20-19(13-18)26-22(28)16(4)27(20)5/h6-16,21H,1-5H3,(H,25,29)(H,26,28). The second-order valence-electron chi connectivity index (χ2n) is 8.22. The molecule has 3 unspecified atom stereocenters. The van der Waals surface area contributed by atoms with Crippen LogP contribution in [-0.2, 0) is 14.3 Å². The number of nitrogens with one attached hydrogen (secondary N) is 2. The zero-order valence-corrected chi connectivity index (χ0v) is 18.5. The second-order valence-corrected chi connectivity index (χ2v) is 8.22. The van der Waals surface area contributed by atoms with E-state index in [1.165, 1.54) is 0 Å². The molecule has 0 fully saturated rings. The van der Waals surface area contributed by atoms with Crippen LogP contribution in [0.2, 0.25) is 0 Å². The molecule has 3 rings (SSSR count). The van der Waals surface area contributed by atoms with Gasteiger partial charge < -0.3 is 20.3 Å². The number of rotatable bonds is 6. The lowest BCUT2D eigenvalue weighted by Gasteiger charge is -2.33. The van der Waals surface area contributed by atoms with E-state index < -0.39 is 12.1 Å². The maximum absolute atomic E-state index is 12.8. The minimum atomic E-state index is -0.938. The lowest BCUT2D eigenvalue weighted by Crippen LogP contribution is -2.44. The van der Waals surface area contributed by atoms with Crippen LogP contribution in [0.15, 0.2) is 48.5 Å². The lowest BCUT2D eigenvalue weighted by atomic mass is 10.0. The highest BCUT2D eigenvalue weighted by Gasteiger charge is 2.30. The van der Waals surface area contributed by atoms with Gasteiger partial charge in [-0.15, -0.1) is 0 Å². The van der Waals surface area contributed by atoms with Crippen molar-refractivity contribution in [3.05, 3.63) is 59.7 Å². The Hall–Kier alpha value is -3.35. The summed E-state index contributed by atoms with van der Waals surface area (Å²) >= 11 is 0. The fraction of sp³-hybridized carbons (Fsp3) is 0.375. The van der Waals surface area contributed by atoms with Gasteiger partial charge in [-0.05, 0) is 43.5 Å². The number of benzene rings is 2. The molecule has 1 heterocycles. The van der Waals surface area contributed by atoms with Crippen molar-refractivity contribution in [2.24, 2.45) is 5.92 Å². The molecule has 0 radical (unpaired) electrons. The third-order valence-electron chi connectivity index (χ3n) is 5.59. The summed E-state index contributed by atoms with van der Waals surface area (Å²) in [6.07, 6.45) is -0.938. The molecule has 7 nitrogen and oxygen atoms in total. The highest BCUT2D eigenvalue weighted by Crippen LogP contribution is 2.32. The van der Waals surface area contributed by atoms with Gasteiger partial charge in [-0.1, -0.05) is 44.2 Å². The van der Waals surface area contributed by atoms with Gasteiger partial charge in [-0.2, -0.15) is 0 Å². The first-order valence-corrected chi connectivity index (χ1v) is 10.4. The van der Waals surface area contributed by atoms with Crippen molar-refractivity contribution in [1.82, 2.24) is 5.32 Å². The lowest BCUT2D eigenvalue weighted by molar-refractivity contribution is -0.132. The molecule has 0 spiro atoms. The Balaban J connectivity index is 1.73. The van der Waals surface area contributed by atoms with Gasteiger partial charge >= 0.3 is 5.97 Å². The summed E-state index contributed by atoms with van der Waals surface area (Å²) in [7, 11) is 1.83. The maximum atomic E-state index is 12.8. The number of carbonyl (C=O) groups is 3. The monoisotopic (exact) mass is 423 g/mol. The number of ether oxygens (including phenoxy) is 1. The van der Waals surface area contributed by atoms with E-state index in [0.717, 1.165) is 11.3 Å². The predicted molar refractivity (Wildman–Crippen MR) is 120 cm³/mol. The second kappa shape index (κ2) is 9.20. The van der Waals surface area contributed by atoms with E-state index in [4.69, 9.17) is 4.74 Å². The third kappa shape index (κ3) is 4.87. The molecule has 1 aliphatic heterocycles. The van der Waals surface area contributed by atoms with E-state index in [9.17, 15) is 14.4 Å². The summed E-state index contributed by atoms with van der Waals surface area (Å²) < 4.78 is 5.59. The largest absolute Gasteiger partial charge is 0.448 e. The molecule has 0 saturated heterocycles. The fourth-order valence-corrected chi connectivity index (χ4v) is 3.49. The van der Waals surface area contributed by atoms with E-state index in [-0.39, 0.29) is 35.4 Å². The number of carbonyl (C=O) groups excluding carboxylic acids is 3. The van der Waals surface area contributed by atoms with Crippen LogP contribution >= 0.6 is 0 Å². The molecule has 3 atom stereocenters. The van der Waals surface area contributed by atoms with Crippen molar-refractivity contribution in [2.45, 2.75) is 45.9 Å². The van der Waals surface area contributed by atoms with Crippen molar-refractivity contribution in [3.63, 3.8) is 0 Å². The van der Waals surface area contributed by atoms with Crippen molar-refractivity contribution >= 4 is 29.2 Å². The van der Waals surface area contributed by atoms with Crippen LogP contribution in [0.4, 0.5) is 11.4 Å². The van der Waals surface area contributed by atoms with E-state index in [2.05, 4.69) is 10.6 Å². The molecule has 0 aromatic heterocycles. The van der Waals surface area contributed by atoms with E-state index >= 15 is 0 Å². The van der Waals surface area contributed by atoms with Crippen LogP contribution in [0.3, 0.4) is 0 Å². The minimum absolute atomic E-state index is 0.144. The highest BCUT2D eigenvalue weighted by atomic mass is 16.5. The van der Waals surface area contributed by atoms with E-state index in [1.807, 2.05) is 70.0 Å². The number of nitrogens with zero attached hydrogens (tertiary/aromatic N) is 1. The highest BCUT2D eigenvalue weighted by molar-refractivity contribution is 6.05. The number of esters is 1. The van der Waals surface area contributed by atoms with E-state index in [1.54, 1.807) is 18.2 Å². The Morgan fingerprint density at radius 1 is 1.10 bits per heavy atom. The minimum Gasteiger partial charge on any atom is -0.448 e. The number of likely N-dealkylation sites (N-methyl/N-ethyl adjacent to an activating group) is 1. The topological polar surface area (TPSA) is 87.7 Å². The predicted octanol–water partition coefficient (Wildman–Crippen LogP) is 3.52. The molecule has 0 aliphatic carbocycles. The maximum Gasteiger partial charge on any atom is 0.338 e. The van der Waals surface area contributed by atoms with Gasteiger partial charge in [0.05, 0.1) is 23.0 Å².